The van der Waals surface area contributed by atoms with Gasteiger partial charge in [-0.2, -0.15) is 0 Å². The Kier molecular flexibility index (Phi) is 7.04. The van der Waals surface area contributed by atoms with Crippen LogP contribution < -0.4 is 5.32 Å². The fraction of sp³-hybridized carbons (Fsp3) is 0.529. The van der Waals surface area contributed by atoms with E-state index in [1.165, 1.54) is 12.1 Å². The Hall–Kier alpha value is -1.37. The molecule has 1 aromatic carbocycles. The lowest BCUT2D eigenvalue weighted by Gasteiger charge is -2.37. The number of nitrogens with zero attached hydrogens (tertiary/aromatic N) is 2. The van der Waals surface area contributed by atoms with Crippen LogP contribution in [-0.4, -0.2) is 60.9 Å². The fourth-order valence-corrected chi connectivity index (χ4v) is 3.44. The average molecular weight is 390 g/mol. The molecule has 1 atom stereocenters. The predicted octanol–water partition coefficient (Wildman–Crippen LogP) is 2.18. The molecule has 8 heteroatoms. The highest BCUT2D eigenvalue weighted by Crippen LogP contribution is 2.19. The number of hydrogen-bond donors (Lipinski definition) is 1. The van der Waals surface area contributed by atoms with E-state index in [1.807, 2.05) is 4.90 Å². The molecule has 0 spiro atoms. The summed E-state index contributed by atoms with van der Waals surface area (Å²) in [6.07, 6.45) is 1.94. The van der Waals surface area contributed by atoms with Crippen LogP contribution in [0.1, 0.15) is 23.2 Å². The molecule has 0 saturated carbocycles. The van der Waals surface area contributed by atoms with Crippen LogP contribution in [0, 0.1) is 11.7 Å². The first kappa shape index (κ1) is 19.9. The third-order valence-corrected chi connectivity index (χ3v) is 4.92. The molecule has 2 heterocycles. The van der Waals surface area contributed by atoms with E-state index in [2.05, 4.69) is 5.32 Å². The molecule has 2 amide bonds. The quantitative estimate of drug-likeness (QED) is 0.843. The average Bonchev–Trinajstić information content (AvgIpc) is 2.61. The van der Waals surface area contributed by atoms with Crippen molar-refractivity contribution < 1.29 is 14.0 Å². The van der Waals surface area contributed by atoms with Crippen molar-refractivity contribution in [2.45, 2.75) is 12.8 Å². The second-order valence-corrected chi connectivity index (χ2v) is 6.72. The predicted molar refractivity (Wildman–Crippen MR) is 96.7 cm³/mol. The first-order valence-corrected chi connectivity index (χ1v) is 8.68. The van der Waals surface area contributed by atoms with Crippen molar-refractivity contribution >= 4 is 35.8 Å². The zero-order valence-electron chi connectivity index (χ0n) is 13.8. The second kappa shape index (κ2) is 8.83. The molecule has 2 aliphatic rings. The number of carbonyl (C=O) groups excluding carboxylic acids is 2. The van der Waals surface area contributed by atoms with Crippen molar-refractivity contribution in [1.82, 2.24) is 15.1 Å². The highest BCUT2D eigenvalue weighted by atomic mass is 35.5. The molecular weight excluding hydrogens is 368 g/mol. The van der Waals surface area contributed by atoms with E-state index >= 15 is 0 Å². The fourth-order valence-electron chi connectivity index (χ4n) is 3.28. The molecule has 2 saturated heterocycles. The molecule has 0 bridgehead atoms. The summed E-state index contributed by atoms with van der Waals surface area (Å²) < 4.78 is 13.9. The van der Waals surface area contributed by atoms with E-state index in [0.29, 0.717) is 26.2 Å². The highest BCUT2D eigenvalue weighted by molar-refractivity contribution is 6.30. The van der Waals surface area contributed by atoms with E-state index < -0.39 is 5.82 Å². The summed E-state index contributed by atoms with van der Waals surface area (Å²) in [4.78, 5) is 28.4. The maximum atomic E-state index is 13.9. The zero-order valence-corrected chi connectivity index (χ0v) is 15.4. The van der Waals surface area contributed by atoms with Crippen molar-refractivity contribution in [3.8, 4) is 0 Å². The van der Waals surface area contributed by atoms with Crippen LogP contribution in [0.4, 0.5) is 4.39 Å². The lowest BCUT2D eigenvalue weighted by molar-refractivity contribution is -0.137. The van der Waals surface area contributed by atoms with Gasteiger partial charge < -0.3 is 15.1 Å². The van der Waals surface area contributed by atoms with Crippen LogP contribution in [0.2, 0.25) is 5.02 Å². The highest BCUT2D eigenvalue weighted by Gasteiger charge is 2.30. The SMILES string of the molecule is Cl.O=C(c1ccc(Cl)cc1F)N1CCN(C(=O)C2CCCNC2)CC1. The minimum atomic E-state index is -0.612. The van der Waals surface area contributed by atoms with Crippen LogP contribution in [0.25, 0.3) is 0 Å². The maximum Gasteiger partial charge on any atom is 0.256 e. The Morgan fingerprint density at radius 1 is 1.16 bits per heavy atom. The van der Waals surface area contributed by atoms with Gasteiger partial charge in [0.25, 0.3) is 5.91 Å². The van der Waals surface area contributed by atoms with Gasteiger partial charge in [0.05, 0.1) is 11.5 Å². The summed E-state index contributed by atoms with van der Waals surface area (Å²) in [5, 5.41) is 3.51. The molecule has 0 aromatic heterocycles. The van der Waals surface area contributed by atoms with Crippen molar-refractivity contribution in [2.24, 2.45) is 5.92 Å². The zero-order chi connectivity index (χ0) is 17.1. The molecule has 1 unspecified atom stereocenters. The van der Waals surface area contributed by atoms with Crippen LogP contribution in [0.15, 0.2) is 18.2 Å². The van der Waals surface area contributed by atoms with E-state index in [9.17, 15) is 14.0 Å². The van der Waals surface area contributed by atoms with Gasteiger partial charge >= 0.3 is 0 Å². The van der Waals surface area contributed by atoms with Crippen molar-refractivity contribution in [3.63, 3.8) is 0 Å². The monoisotopic (exact) mass is 389 g/mol. The van der Waals surface area contributed by atoms with E-state index in [0.717, 1.165) is 32.0 Å². The lowest BCUT2D eigenvalue weighted by atomic mass is 9.98. The normalized spacial score (nSPS) is 20.8. The number of piperidine rings is 1. The first-order chi connectivity index (χ1) is 11.6. The molecule has 138 valence electrons. The number of benzene rings is 1. The van der Waals surface area contributed by atoms with Gasteiger partial charge in [-0.25, -0.2) is 4.39 Å². The molecule has 1 aromatic rings. The Bertz CT molecular complexity index is 630. The summed E-state index contributed by atoms with van der Waals surface area (Å²) in [7, 11) is 0. The van der Waals surface area contributed by atoms with Crippen LogP contribution >= 0.6 is 24.0 Å². The summed E-state index contributed by atoms with van der Waals surface area (Å²) in [6.45, 7) is 3.54. The minimum absolute atomic E-state index is 0. The van der Waals surface area contributed by atoms with Gasteiger partial charge in [-0.05, 0) is 37.6 Å². The molecule has 0 aliphatic carbocycles. The summed E-state index contributed by atoms with van der Waals surface area (Å²) >= 11 is 5.72. The second-order valence-electron chi connectivity index (χ2n) is 6.28. The topological polar surface area (TPSA) is 52.7 Å². The number of hydrogen-bond acceptors (Lipinski definition) is 3. The van der Waals surface area contributed by atoms with Crippen molar-refractivity contribution in [2.75, 3.05) is 39.3 Å². The van der Waals surface area contributed by atoms with Gasteiger partial charge in [-0.1, -0.05) is 11.6 Å². The molecule has 2 aliphatic heterocycles. The van der Waals surface area contributed by atoms with Gasteiger partial charge in [0.15, 0.2) is 0 Å². The van der Waals surface area contributed by atoms with Gasteiger partial charge in [0.2, 0.25) is 5.91 Å². The van der Waals surface area contributed by atoms with E-state index in [-0.39, 0.29) is 40.7 Å². The largest absolute Gasteiger partial charge is 0.339 e. The standard InChI is InChI=1S/C17H21ClFN3O2.ClH/c18-13-3-4-14(15(19)10-13)17(24)22-8-6-21(7-9-22)16(23)12-2-1-5-20-11-12;/h3-4,10,12,20H,1-2,5-9,11H2;1H. The smallest absolute Gasteiger partial charge is 0.256 e. The number of rotatable bonds is 2. The van der Waals surface area contributed by atoms with Gasteiger partial charge in [-0.15, -0.1) is 12.4 Å². The Labute approximate surface area is 157 Å². The third-order valence-electron chi connectivity index (χ3n) is 4.69. The third kappa shape index (κ3) is 4.63. The Morgan fingerprint density at radius 3 is 2.44 bits per heavy atom. The van der Waals surface area contributed by atoms with Crippen LogP contribution in [0.5, 0.6) is 0 Å². The number of carbonyl (C=O) groups is 2. The molecule has 1 N–H and O–H groups in total. The van der Waals surface area contributed by atoms with Gasteiger partial charge in [0.1, 0.15) is 5.82 Å². The Balaban J connectivity index is 0.00000225. The number of amides is 2. The minimum Gasteiger partial charge on any atom is -0.339 e. The molecule has 0 radical (unpaired) electrons. The van der Waals surface area contributed by atoms with Crippen LogP contribution in [-0.2, 0) is 4.79 Å². The van der Waals surface area contributed by atoms with E-state index in [4.69, 9.17) is 11.6 Å². The Morgan fingerprint density at radius 2 is 1.84 bits per heavy atom. The van der Waals surface area contributed by atoms with Crippen LogP contribution in [0.3, 0.4) is 0 Å². The lowest BCUT2D eigenvalue weighted by Crippen LogP contribution is -2.53. The summed E-state index contributed by atoms with van der Waals surface area (Å²) in [6, 6.07) is 4.06. The molecule has 25 heavy (non-hydrogen) atoms. The molecule has 5 nitrogen and oxygen atoms in total. The number of halogens is 3. The number of piperazine rings is 1. The van der Waals surface area contributed by atoms with Crippen molar-refractivity contribution in [3.05, 3.63) is 34.6 Å². The first-order valence-electron chi connectivity index (χ1n) is 8.30. The summed E-state index contributed by atoms with van der Waals surface area (Å²) in [5.74, 6) is -0.767. The summed E-state index contributed by atoms with van der Waals surface area (Å²) in [5.41, 5.74) is 0.0238. The van der Waals surface area contributed by atoms with Crippen molar-refractivity contribution in [1.29, 1.82) is 0 Å². The number of nitrogens with one attached hydrogen (secondary N) is 1. The molecular formula is C17H22Cl2FN3O2. The molecule has 2 fully saturated rings. The molecule has 3 rings (SSSR count). The maximum absolute atomic E-state index is 13.9. The van der Waals surface area contributed by atoms with Gasteiger partial charge in [-0.3, -0.25) is 9.59 Å². The van der Waals surface area contributed by atoms with Gasteiger partial charge in [0, 0.05) is 37.7 Å². The van der Waals surface area contributed by atoms with E-state index in [1.54, 1.807) is 4.90 Å².